The fourth-order valence-corrected chi connectivity index (χ4v) is 2.41. The van der Waals surface area contributed by atoms with Crippen molar-refractivity contribution in [2.24, 2.45) is 0 Å². The number of carbonyl (C=O) groups excluding carboxylic acids is 2. The Morgan fingerprint density at radius 3 is 2.62 bits per heavy atom. The topological polar surface area (TPSA) is 55.4 Å². The van der Waals surface area contributed by atoms with E-state index < -0.39 is 0 Å². The summed E-state index contributed by atoms with van der Waals surface area (Å²) in [6.07, 6.45) is 0.889. The normalized spacial score (nSPS) is 10.1. The number of ether oxygens (including phenoxy) is 1. The molecule has 1 aromatic carbocycles. The van der Waals surface area contributed by atoms with Gasteiger partial charge in [0.1, 0.15) is 0 Å². The van der Waals surface area contributed by atoms with Gasteiger partial charge >= 0.3 is 5.97 Å². The van der Waals surface area contributed by atoms with Gasteiger partial charge in [-0.2, -0.15) is 0 Å². The van der Waals surface area contributed by atoms with Crippen LogP contribution < -0.4 is 5.32 Å². The van der Waals surface area contributed by atoms with E-state index in [1.54, 1.807) is 6.07 Å². The van der Waals surface area contributed by atoms with Crippen LogP contribution in [-0.2, 0) is 16.0 Å². The van der Waals surface area contributed by atoms with Crippen LogP contribution in [0.15, 0.2) is 47.8 Å². The highest BCUT2D eigenvalue weighted by molar-refractivity contribution is 7.12. The van der Waals surface area contributed by atoms with E-state index >= 15 is 0 Å². The SMILES string of the molecule is O=C(Cc1ccccc1)OCCCNC(=O)c1cccs1. The van der Waals surface area contributed by atoms with Crippen molar-refractivity contribution >= 4 is 23.2 Å². The molecule has 5 heteroatoms. The van der Waals surface area contributed by atoms with Crippen molar-refractivity contribution in [3.63, 3.8) is 0 Å². The monoisotopic (exact) mass is 303 g/mol. The number of carbonyl (C=O) groups is 2. The Morgan fingerprint density at radius 2 is 1.90 bits per heavy atom. The molecule has 0 saturated heterocycles. The molecule has 110 valence electrons. The van der Waals surface area contributed by atoms with E-state index in [-0.39, 0.29) is 18.3 Å². The van der Waals surface area contributed by atoms with Crippen LogP contribution in [-0.4, -0.2) is 25.0 Å². The maximum Gasteiger partial charge on any atom is 0.310 e. The summed E-state index contributed by atoms with van der Waals surface area (Å²) in [5.74, 6) is -0.327. The summed E-state index contributed by atoms with van der Waals surface area (Å²) in [6, 6.07) is 13.1. The minimum absolute atomic E-state index is 0.0828. The highest BCUT2D eigenvalue weighted by atomic mass is 32.1. The second-order valence-corrected chi connectivity index (χ2v) is 5.42. The molecule has 0 unspecified atom stereocenters. The van der Waals surface area contributed by atoms with Gasteiger partial charge in [0.25, 0.3) is 5.91 Å². The molecule has 1 amide bonds. The summed E-state index contributed by atoms with van der Waals surface area (Å²) in [5.41, 5.74) is 0.938. The van der Waals surface area contributed by atoms with E-state index in [2.05, 4.69) is 5.32 Å². The van der Waals surface area contributed by atoms with Gasteiger partial charge in [-0.1, -0.05) is 36.4 Å². The first-order valence-corrected chi connectivity index (χ1v) is 7.65. The third-order valence-electron chi connectivity index (χ3n) is 2.81. The lowest BCUT2D eigenvalue weighted by Crippen LogP contribution is -2.24. The van der Waals surface area contributed by atoms with Crippen LogP contribution in [0.5, 0.6) is 0 Å². The van der Waals surface area contributed by atoms with Crippen molar-refractivity contribution in [2.45, 2.75) is 12.8 Å². The lowest BCUT2D eigenvalue weighted by Gasteiger charge is -2.06. The third-order valence-corrected chi connectivity index (χ3v) is 3.67. The lowest BCUT2D eigenvalue weighted by molar-refractivity contribution is -0.142. The molecule has 2 rings (SSSR count). The zero-order chi connectivity index (χ0) is 14.9. The number of amides is 1. The van der Waals surface area contributed by atoms with Crippen molar-refractivity contribution in [1.29, 1.82) is 0 Å². The minimum atomic E-state index is -0.245. The molecule has 0 spiro atoms. The average Bonchev–Trinajstić information content (AvgIpc) is 3.02. The van der Waals surface area contributed by atoms with Crippen LogP contribution in [0.25, 0.3) is 0 Å². The number of rotatable bonds is 7. The summed E-state index contributed by atoms with van der Waals surface area (Å²) in [6.45, 7) is 0.811. The van der Waals surface area contributed by atoms with E-state index in [1.165, 1.54) is 11.3 Å². The Labute approximate surface area is 127 Å². The summed E-state index contributed by atoms with van der Waals surface area (Å²) < 4.78 is 5.13. The molecule has 0 aliphatic rings. The van der Waals surface area contributed by atoms with Gasteiger partial charge in [0.05, 0.1) is 17.9 Å². The predicted octanol–water partition coefficient (Wildman–Crippen LogP) is 2.65. The number of hydrogen-bond acceptors (Lipinski definition) is 4. The van der Waals surface area contributed by atoms with Gasteiger partial charge in [0.2, 0.25) is 0 Å². The zero-order valence-electron chi connectivity index (χ0n) is 11.6. The Bertz CT molecular complexity index is 566. The van der Waals surface area contributed by atoms with Crippen LogP contribution in [0, 0.1) is 0 Å². The fraction of sp³-hybridized carbons (Fsp3) is 0.250. The van der Waals surface area contributed by atoms with Gasteiger partial charge in [0, 0.05) is 6.54 Å². The molecule has 0 radical (unpaired) electrons. The maximum atomic E-state index is 11.6. The zero-order valence-corrected chi connectivity index (χ0v) is 12.4. The van der Waals surface area contributed by atoms with Crippen molar-refractivity contribution in [3.8, 4) is 0 Å². The second-order valence-electron chi connectivity index (χ2n) is 4.47. The van der Waals surface area contributed by atoms with Gasteiger partial charge < -0.3 is 10.1 Å². The van der Waals surface area contributed by atoms with Crippen LogP contribution in [0.3, 0.4) is 0 Å². The number of benzene rings is 1. The Kier molecular flexibility index (Phi) is 5.97. The highest BCUT2D eigenvalue weighted by Crippen LogP contribution is 2.07. The summed E-state index contributed by atoms with van der Waals surface area (Å²) in [7, 11) is 0. The summed E-state index contributed by atoms with van der Waals surface area (Å²) in [5, 5.41) is 4.65. The van der Waals surface area contributed by atoms with Gasteiger partial charge in [-0.05, 0) is 23.4 Å². The molecule has 4 nitrogen and oxygen atoms in total. The smallest absolute Gasteiger partial charge is 0.310 e. The van der Waals surface area contributed by atoms with Crippen LogP contribution in [0.2, 0.25) is 0 Å². The van der Waals surface area contributed by atoms with Crippen LogP contribution in [0.1, 0.15) is 21.7 Å². The number of esters is 1. The van der Waals surface area contributed by atoms with Crippen molar-refractivity contribution in [1.82, 2.24) is 5.32 Å². The van der Waals surface area contributed by atoms with Crippen molar-refractivity contribution in [3.05, 3.63) is 58.3 Å². The number of thiophene rings is 1. The molecule has 2 aromatic rings. The highest BCUT2D eigenvalue weighted by Gasteiger charge is 2.06. The average molecular weight is 303 g/mol. The van der Waals surface area contributed by atoms with Crippen LogP contribution >= 0.6 is 11.3 Å². The molecule has 21 heavy (non-hydrogen) atoms. The van der Waals surface area contributed by atoms with Gasteiger partial charge in [-0.3, -0.25) is 9.59 Å². The molecule has 1 heterocycles. The molecule has 0 aliphatic carbocycles. The van der Waals surface area contributed by atoms with Crippen LogP contribution in [0.4, 0.5) is 0 Å². The first-order valence-electron chi connectivity index (χ1n) is 6.77. The minimum Gasteiger partial charge on any atom is -0.465 e. The fourth-order valence-electron chi connectivity index (χ4n) is 1.77. The third kappa shape index (κ3) is 5.39. The van der Waals surface area contributed by atoms with E-state index in [4.69, 9.17) is 4.74 Å². The summed E-state index contributed by atoms with van der Waals surface area (Å²) >= 11 is 1.40. The second kappa shape index (κ2) is 8.21. The molecular weight excluding hydrogens is 286 g/mol. The van der Waals surface area contributed by atoms with Gasteiger partial charge in [0.15, 0.2) is 0 Å². The molecule has 0 fully saturated rings. The molecule has 0 atom stereocenters. The van der Waals surface area contributed by atoms with Gasteiger partial charge in [-0.25, -0.2) is 0 Å². The molecule has 0 aliphatic heterocycles. The quantitative estimate of drug-likeness (QED) is 0.632. The maximum absolute atomic E-state index is 11.6. The van der Waals surface area contributed by atoms with Crippen molar-refractivity contribution < 1.29 is 14.3 Å². The Balaban J connectivity index is 1.57. The molecule has 0 bridgehead atoms. The number of hydrogen-bond donors (Lipinski definition) is 1. The number of nitrogens with one attached hydrogen (secondary N) is 1. The van der Waals surface area contributed by atoms with Gasteiger partial charge in [-0.15, -0.1) is 11.3 Å². The summed E-state index contributed by atoms with van der Waals surface area (Å²) in [4.78, 5) is 23.9. The Morgan fingerprint density at radius 1 is 1.10 bits per heavy atom. The lowest BCUT2D eigenvalue weighted by atomic mass is 10.2. The standard InChI is InChI=1S/C16H17NO3S/c18-15(12-13-6-2-1-3-7-13)20-10-5-9-17-16(19)14-8-4-11-21-14/h1-4,6-8,11H,5,9-10,12H2,(H,17,19). The van der Waals surface area contributed by atoms with Crippen molar-refractivity contribution in [2.75, 3.05) is 13.2 Å². The first-order chi connectivity index (χ1) is 10.3. The molecule has 1 aromatic heterocycles. The predicted molar refractivity (Wildman–Crippen MR) is 82.4 cm³/mol. The first kappa shape index (κ1) is 15.3. The Hall–Kier alpha value is -2.14. The van der Waals surface area contributed by atoms with E-state index in [1.807, 2.05) is 41.8 Å². The molecular formula is C16H17NO3S. The molecule has 0 saturated carbocycles. The van der Waals surface area contributed by atoms with E-state index in [0.29, 0.717) is 24.4 Å². The van der Waals surface area contributed by atoms with E-state index in [0.717, 1.165) is 5.56 Å². The largest absolute Gasteiger partial charge is 0.465 e. The molecule has 1 N–H and O–H groups in total. The van der Waals surface area contributed by atoms with E-state index in [9.17, 15) is 9.59 Å².